The Labute approximate surface area is 265 Å². The molecule has 17 nitrogen and oxygen atoms in total. The minimum Gasteiger partial charge on any atom is -0.507 e. The molecule has 0 spiro atoms. The number of rotatable bonds is 9. The smallest absolute Gasteiger partial charge is 0.302 e. The molecule has 2 saturated heterocycles. The van der Waals surface area contributed by atoms with Gasteiger partial charge in [-0.25, -0.2) is 0 Å². The Hall–Kier alpha value is -4.04. The van der Waals surface area contributed by atoms with Crippen molar-refractivity contribution >= 4 is 16.9 Å². The minimum absolute atomic E-state index is 0.0406. The first kappa shape index (κ1) is 34.3. The van der Waals surface area contributed by atoms with E-state index < -0.39 is 91.8 Å². The van der Waals surface area contributed by atoms with Gasteiger partial charge in [-0.05, 0) is 18.2 Å². The summed E-state index contributed by atoms with van der Waals surface area (Å²) in [5.74, 6) is -1.49. The molecular weight excluding hydrogens is 632 g/mol. The van der Waals surface area contributed by atoms with E-state index in [2.05, 4.69) is 0 Å². The zero-order chi connectivity index (χ0) is 34.2. The minimum atomic E-state index is -1.91. The molecular formula is C30H34O17. The van der Waals surface area contributed by atoms with Crippen LogP contribution in [0.1, 0.15) is 6.92 Å². The van der Waals surface area contributed by atoms with Crippen molar-refractivity contribution in [1.82, 2.24) is 0 Å². The molecule has 5 rings (SSSR count). The molecule has 8 N–H and O–H groups in total. The Balaban J connectivity index is 1.46. The number of hydrogen-bond acceptors (Lipinski definition) is 17. The molecule has 0 saturated carbocycles. The number of aliphatic hydroxyl groups is 6. The van der Waals surface area contributed by atoms with Crippen molar-refractivity contribution in [1.29, 1.82) is 0 Å². The Morgan fingerprint density at radius 3 is 2.23 bits per heavy atom. The largest absolute Gasteiger partial charge is 0.507 e. The molecule has 17 heteroatoms. The standard InChI is InChI=1S/C30H34O17/c1-11(32)42-10-21-24(37)25(38)27(40)29(46-21)47-28-26(39)23(36)20(9-31)45-30(28)43-13-6-15(34)22-16(35)8-17(44-19(22)7-13)12-3-4-14(33)18(5-12)41-2/h3-8,20-21,23-31,33-34,36-40H,9-10H2,1-2H3/t20-,21-,23-,24-,25-,26+,27+,28+,29-,30-/m0/s1. The van der Waals surface area contributed by atoms with E-state index in [0.717, 1.165) is 19.1 Å². The van der Waals surface area contributed by atoms with E-state index in [9.17, 15) is 50.4 Å². The van der Waals surface area contributed by atoms with Crippen LogP contribution >= 0.6 is 0 Å². The maximum absolute atomic E-state index is 13.0. The van der Waals surface area contributed by atoms with Gasteiger partial charge >= 0.3 is 5.97 Å². The van der Waals surface area contributed by atoms with Gasteiger partial charge in [0.15, 0.2) is 29.3 Å². The van der Waals surface area contributed by atoms with Gasteiger partial charge in [0.05, 0.1) is 13.7 Å². The number of aromatic hydroxyl groups is 2. The van der Waals surface area contributed by atoms with Crippen molar-refractivity contribution in [3.05, 3.63) is 46.6 Å². The van der Waals surface area contributed by atoms with E-state index >= 15 is 0 Å². The first-order valence-electron chi connectivity index (χ1n) is 14.3. The number of fused-ring (bicyclic) bond motifs is 1. The average Bonchev–Trinajstić information content (AvgIpc) is 3.03. The first-order valence-corrected chi connectivity index (χ1v) is 14.3. The average molecular weight is 667 g/mol. The van der Waals surface area contributed by atoms with E-state index in [0.29, 0.717) is 5.56 Å². The van der Waals surface area contributed by atoms with Crippen molar-refractivity contribution in [3.8, 4) is 34.3 Å². The predicted molar refractivity (Wildman–Crippen MR) is 154 cm³/mol. The monoisotopic (exact) mass is 666 g/mol. The third-order valence-corrected chi connectivity index (χ3v) is 7.74. The second-order valence-electron chi connectivity index (χ2n) is 10.9. The topological polar surface area (TPSA) is 264 Å². The lowest BCUT2D eigenvalue weighted by molar-refractivity contribution is -0.358. The molecule has 1 aromatic heterocycles. The number of carbonyl (C=O) groups excluding carboxylic acids is 1. The number of benzene rings is 2. The third kappa shape index (κ3) is 6.98. The highest BCUT2D eigenvalue weighted by atomic mass is 16.8. The van der Waals surface area contributed by atoms with Crippen molar-refractivity contribution < 1.29 is 78.5 Å². The van der Waals surface area contributed by atoms with E-state index in [1.807, 2.05) is 0 Å². The SMILES string of the molecule is COc1cc(-c2cc(=O)c3c(O)cc(O[C@H]4O[C@@H](CO)[C@H](O)[C@@H](O)[C@H]4O[C@@H]4O[C@@H](COC(C)=O)[C@H](O)[C@H](O)[C@H]4O)cc3o2)ccc1O. The molecule has 256 valence electrons. The fourth-order valence-corrected chi connectivity index (χ4v) is 5.24. The van der Waals surface area contributed by atoms with Gasteiger partial charge in [-0.3, -0.25) is 9.59 Å². The van der Waals surface area contributed by atoms with Crippen LogP contribution in [0.3, 0.4) is 0 Å². The lowest BCUT2D eigenvalue weighted by Crippen LogP contribution is -2.65. The van der Waals surface area contributed by atoms with E-state index in [1.165, 1.54) is 31.4 Å². The van der Waals surface area contributed by atoms with Gasteiger partial charge < -0.3 is 73.7 Å². The van der Waals surface area contributed by atoms with Crippen LogP contribution in [0.2, 0.25) is 0 Å². The Kier molecular flexibility index (Phi) is 10.2. The van der Waals surface area contributed by atoms with Crippen LogP contribution in [0.25, 0.3) is 22.3 Å². The normalized spacial score (nSPS) is 31.0. The summed E-state index contributed by atoms with van der Waals surface area (Å²) in [7, 11) is 1.34. The second-order valence-corrected chi connectivity index (χ2v) is 10.9. The molecule has 2 aromatic carbocycles. The number of aliphatic hydroxyl groups excluding tert-OH is 6. The highest BCUT2D eigenvalue weighted by Crippen LogP contribution is 2.36. The number of methoxy groups -OCH3 is 1. The number of esters is 1. The molecule has 2 aliphatic rings. The van der Waals surface area contributed by atoms with Gasteiger partial charge in [-0.15, -0.1) is 0 Å². The van der Waals surface area contributed by atoms with E-state index in [-0.39, 0.29) is 34.0 Å². The fraction of sp³-hybridized carbons (Fsp3) is 0.467. The van der Waals surface area contributed by atoms with Gasteiger partial charge in [0, 0.05) is 30.7 Å². The van der Waals surface area contributed by atoms with Crippen LogP contribution in [-0.2, 0) is 23.7 Å². The highest BCUT2D eigenvalue weighted by Gasteiger charge is 2.51. The molecule has 2 fully saturated rings. The van der Waals surface area contributed by atoms with Crippen LogP contribution < -0.4 is 14.9 Å². The first-order chi connectivity index (χ1) is 22.3. The molecule has 2 aliphatic heterocycles. The van der Waals surface area contributed by atoms with Crippen LogP contribution in [0, 0.1) is 0 Å². The summed E-state index contributed by atoms with van der Waals surface area (Å²) in [5.41, 5.74) is -0.431. The summed E-state index contributed by atoms with van der Waals surface area (Å²) in [4.78, 5) is 24.2. The molecule has 0 amide bonds. The molecule has 0 aliphatic carbocycles. The summed E-state index contributed by atoms with van der Waals surface area (Å²) in [6.07, 6.45) is -17.1. The van der Waals surface area contributed by atoms with Crippen molar-refractivity contribution in [2.24, 2.45) is 0 Å². The quantitative estimate of drug-likeness (QED) is 0.120. The molecule has 0 radical (unpaired) electrons. The summed E-state index contributed by atoms with van der Waals surface area (Å²) in [5, 5.41) is 83.0. The fourth-order valence-electron chi connectivity index (χ4n) is 5.24. The number of carbonyl (C=O) groups is 1. The van der Waals surface area contributed by atoms with Crippen molar-refractivity contribution in [3.63, 3.8) is 0 Å². The highest BCUT2D eigenvalue weighted by molar-refractivity contribution is 5.86. The molecule has 47 heavy (non-hydrogen) atoms. The number of phenolic OH excluding ortho intramolecular Hbond substituents is 2. The van der Waals surface area contributed by atoms with Crippen molar-refractivity contribution in [2.75, 3.05) is 20.3 Å². The Morgan fingerprint density at radius 2 is 1.55 bits per heavy atom. The summed E-state index contributed by atoms with van der Waals surface area (Å²) >= 11 is 0. The van der Waals surface area contributed by atoms with Crippen LogP contribution in [0.5, 0.6) is 23.0 Å². The summed E-state index contributed by atoms with van der Waals surface area (Å²) < 4.78 is 38.5. The van der Waals surface area contributed by atoms with E-state index in [4.69, 9.17) is 32.8 Å². The number of hydrogen-bond donors (Lipinski definition) is 8. The summed E-state index contributed by atoms with van der Waals surface area (Å²) in [6, 6.07) is 7.60. The maximum Gasteiger partial charge on any atom is 0.302 e. The van der Waals surface area contributed by atoms with Gasteiger partial charge in [-0.1, -0.05) is 0 Å². The predicted octanol–water partition coefficient (Wildman–Crippen LogP) is -1.55. The Morgan fingerprint density at radius 1 is 0.851 bits per heavy atom. The van der Waals surface area contributed by atoms with Crippen LogP contribution in [-0.4, -0.2) is 129 Å². The van der Waals surface area contributed by atoms with Crippen LogP contribution in [0.4, 0.5) is 0 Å². The zero-order valence-corrected chi connectivity index (χ0v) is 24.9. The molecule has 0 unspecified atom stereocenters. The van der Waals surface area contributed by atoms with Gasteiger partial charge in [0.1, 0.15) is 77.6 Å². The van der Waals surface area contributed by atoms with E-state index in [1.54, 1.807) is 0 Å². The van der Waals surface area contributed by atoms with Crippen molar-refractivity contribution in [2.45, 2.75) is 68.3 Å². The third-order valence-electron chi connectivity index (χ3n) is 7.74. The molecule has 3 heterocycles. The molecule has 0 bridgehead atoms. The molecule has 10 atom stereocenters. The maximum atomic E-state index is 13.0. The lowest BCUT2D eigenvalue weighted by atomic mass is 9.97. The molecule has 3 aromatic rings. The zero-order valence-electron chi connectivity index (χ0n) is 24.9. The van der Waals surface area contributed by atoms with Gasteiger partial charge in [0.25, 0.3) is 0 Å². The second kappa shape index (κ2) is 14.0. The van der Waals surface area contributed by atoms with Gasteiger partial charge in [0.2, 0.25) is 6.29 Å². The number of phenols is 2. The van der Waals surface area contributed by atoms with Gasteiger partial charge in [-0.2, -0.15) is 0 Å². The lowest BCUT2D eigenvalue weighted by Gasteiger charge is -2.45. The Bertz CT molecular complexity index is 1640. The summed E-state index contributed by atoms with van der Waals surface area (Å²) in [6.45, 7) is -0.203. The van der Waals surface area contributed by atoms with Crippen LogP contribution in [0.15, 0.2) is 45.6 Å². The number of ether oxygens (including phenoxy) is 6.